The molecule has 2 aliphatic rings. The van der Waals surface area contributed by atoms with Crippen LogP contribution in [0.3, 0.4) is 0 Å². The largest absolute Gasteiger partial charge is 0.399 e. The summed E-state index contributed by atoms with van der Waals surface area (Å²) >= 11 is 0. The number of nitrogens with two attached hydrogens (primary N) is 1. The quantitative estimate of drug-likeness (QED) is 0.543. The zero-order valence-electron chi connectivity index (χ0n) is 18.6. The van der Waals surface area contributed by atoms with Gasteiger partial charge in [-0.25, -0.2) is 15.0 Å². The highest BCUT2D eigenvalue weighted by Crippen LogP contribution is 2.26. The molecule has 2 fully saturated rings. The third kappa shape index (κ3) is 5.40. The summed E-state index contributed by atoms with van der Waals surface area (Å²) in [6.07, 6.45) is 8.64. The molecule has 0 radical (unpaired) electrons. The summed E-state index contributed by atoms with van der Waals surface area (Å²) in [6, 6.07) is 5.70. The number of nitrogen functional groups attached to an aromatic ring is 1. The molecule has 2 N–H and O–H groups in total. The number of carbonyl (C=O) groups is 1. The van der Waals surface area contributed by atoms with Crippen molar-refractivity contribution in [1.82, 2.24) is 24.8 Å². The van der Waals surface area contributed by atoms with Crippen LogP contribution in [0.1, 0.15) is 37.1 Å². The fraction of sp³-hybridized carbons (Fsp3) is 0.522. The fourth-order valence-electron chi connectivity index (χ4n) is 4.65. The predicted molar refractivity (Wildman–Crippen MR) is 122 cm³/mol. The van der Waals surface area contributed by atoms with Crippen molar-refractivity contribution in [1.29, 1.82) is 0 Å². The normalized spacial score (nSPS) is 19.2. The summed E-state index contributed by atoms with van der Waals surface area (Å²) in [5, 5.41) is 4.20. The van der Waals surface area contributed by atoms with Crippen molar-refractivity contribution in [2.75, 3.05) is 39.0 Å². The van der Waals surface area contributed by atoms with Gasteiger partial charge in [0.15, 0.2) is 5.82 Å². The number of oxime groups is 1. The molecule has 2 aromatic rings. The number of amides is 1. The van der Waals surface area contributed by atoms with Gasteiger partial charge >= 0.3 is 0 Å². The van der Waals surface area contributed by atoms with Gasteiger partial charge < -0.3 is 15.5 Å². The number of piperidine rings is 2. The molecule has 2 aliphatic heterocycles. The molecule has 9 heteroatoms. The van der Waals surface area contributed by atoms with Gasteiger partial charge in [-0.3, -0.25) is 9.69 Å². The number of aromatic nitrogens is 3. The average molecular weight is 438 g/mol. The summed E-state index contributed by atoms with van der Waals surface area (Å²) in [4.78, 5) is 35.3. The van der Waals surface area contributed by atoms with Gasteiger partial charge in [0, 0.05) is 50.1 Å². The predicted octanol–water partition coefficient (Wildman–Crippen LogP) is 1.96. The van der Waals surface area contributed by atoms with Crippen molar-refractivity contribution < 1.29 is 9.63 Å². The molecule has 0 bridgehead atoms. The minimum Gasteiger partial charge on any atom is -0.399 e. The topological polar surface area (TPSA) is 110 Å². The van der Waals surface area contributed by atoms with Gasteiger partial charge in [-0.1, -0.05) is 5.16 Å². The Morgan fingerprint density at radius 2 is 1.75 bits per heavy atom. The number of nitrogens with zero attached hydrogens (tertiary/aromatic N) is 6. The Hall–Kier alpha value is -3.07. The molecule has 4 heterocycles. The Bertz CT molecular complexity index is 921. The minimum absolute atomic E-state index is 0.106. The molecule has 170 valence electrons. The second-order valence-electron chi connectivity index (χ2n) is 8.47. The molecule has 2 aromatic heterocycles. The SMILES string of the molecule is CO/N=C(/c1ncccn1)C1CCN(C(=O)C2CCN(Cc3ccnc(N)c3)CC2)CC1. The van der Waals surface area contributed by atoms with Crippen LogP contribution >= 0.6 is 0 Å². The monoisotopic (exact) mass is 437 g/mol. The van der Waals surface area contributed by atoms with Gasteiger partial charge in [-0.2, -0.15) is 0 Å². The Morgan fingerprint density at radius 3 is 2.41 bits per heavy atom. The van der Waals surface area contributed by atoms with E-state index in [0.717, 1.165) is 64.1 Å². The van der Waals surface area contributed by atoms with E-state index in [1.54, 1.807) is 24.7 Å². The van der Waals surface area contributed by atoms with Crippen molar-refractivity contribution in [3.63, 3.8) is 0 Å². The summed E-state index contributed by atoms with van der Waals surface area (Å²) in [5.41, 5.74) is 7.72. The van der Waals surface area contributed by atoms with Crippen LogP contribution in [0, 0.1) is 11.8 Å². The van der Waals surface area contributed by atoms with E-state index in [1.165, 1.54) is 12.7 Å². The van der Waals surface area contributed by atoms with Gasteiger partial charge in [0.1, 0.15) is 18.6 Å². The van der Waals surface area contributed by atoms with Crippen LogP contribution in [0.2, 0.25) is 0 Å². The van der Waals surface area contributed by atoms with Crippen LogP contribution in [0.25, 0.3) is 0 Å². The van der Waals surface area contributed by atoms with Crippen LogP contribution in [-0.2, 0) is 16.2 Å². The molecular weight excluding hydrogens is 406 g/mol. The maximum atomic E-state index is 13.1. The zero-order valence-corrected chi connectivity index (χ0v) is 18.6. The first kappa shape index (κ1) is 22.1. The van der Waals surface area contributed by atoms with E-state index in [4.69, 9.17) is 10.6 Å². The van der Waals surface area contributed by atoms with E-state index in [-0.39, 0.29) is 17.7 Å². The first-order chi connectivity index (χ1) is 15.6. The van der Waals surface area contributed by atoms with Gasteiger partial charge in [-0.15, -0.1) is 0 Å². The third-order valence-corrected chi connectivity index (χ3v) is 6.37. The Labute approximate surface area is 188 Å². The third-order valence-electron chi connectivity index (χ3n) is 6.37. The highest BCUT2D eigenvalue weighted by Gasteiger charge is 2.33. The lowest BCUT2D eigenvalue weighted by atomic mass is 9.89. The van der Waals surface area contributed by atoms with Crippen LogP contribution in [0.4, 0.5) is 5.82 Å². The number of rotatable bonds is 6. The average Bonchev–Trinajstić information content (AvgIpc) is 2.83. The van der Waals surface area contributed by atoms with E-state index < -0.39 is 0 Å². The number of anilines is 1. The number of pyridine rings is 1. The molecule has 0 unspecified atom stereocenters. The van der Waals surface area contributed by atoms with Crippen LogP contribution < -0.4 is 5.73 Å². The first-order valence-corrected chi connectivity index (χ1v) is 11.2. The number of likely N-dealkylation sites (tertiary alicyclic amines) is 2. The molecule has 2 saturated heterocycles. The van der Waals surface area contributed by atoms with Gasteiger partial charge in [0.2, 0.25) is 5.91 Å². The molecule has 32 heavy (non-hydrogen) atoms. The molecule has 0 aromatic carbocycles. The standard InChI is InChI=1S/C23H31N7O2/c1-32-28-21(22-26-8-2-9-27-22)18-6-13-30(14-7-18)23(31)19-4-11-29(12-5-19)16-17-3-10-25-20(24)15-17/h2-3,8-10,15,18-19H,4-7,11-14,16H2,1H3,(H2,24,25)/b28-21+. The van der Waals surface area contributed by atoms with E-state index in [0.29, 0.717) is 11.6 Å². The van der Waals surface area contributed by atoms with E-state index in [2.05, 4.69) is 25.0 Å². The molecule has 4 rings (SSSR count). The molecule has 0 atom stereocenters. The lowest BCUT2D eigenvalue weighted by Crippen LogP contribution is -2.46. The lowest BCUT2D eigenvalue weighted by molar-refractivity contribution is -0.138. The number of hydrogen-bond acceptors (Lipinski definition) is 8. The van der Waals surface area contributed by atoms with Gasteiger partial charge in [0.25, 0.3) is 0 Å². The fourth-order valence-corrected chi connectivity index (χ4v) is 4.65. The van der Waals surface area contributed by atoms with Crippen molar-refractivity contribution in [2.45, 2.75) is 32.2 Å². The molecule has 1 amide bonds. The summed E-state index contributed by atoms with van der Waals surface area (Å²) < 4.78 is 0. The molecule has 9 nitrogen and oxygen atoms in total. The van der Waals surface area contributed by atoms with Crippen molar-refractivity contribution in [3.8, 4) is 0 Å². The first-order valence-electron chi connectivity index (χ1n) is 11.2. The molecular formula is C23H31N7O2. The second-order valence-corrected chi connectivity index (χ2v) is 8.47. The van der Waals surface area contributed by atoms with Gasteiger partial charge in [0.05, 0.1) is 0 Å². The van der Waals surface area contributed by atoms with Gasteiger partial charge in [-0.05, 0) is 62.5 Å². The Morgan fingerprint density at radius 1 is 1.06 bits per heavy atom. The van der Waals surface area contributed by atoms with Crippen molar-refractivity contribution in [2.24, 2.45) is 17.0 Å². The maximum absolute atomic E-state index is 13.1. The number of carbonyl (C=O) groups excluding carboxylic acids is 1. The highest BCUT2D eigenvalue weighted by atomic mass is 16.6. The van der Waals surface area contributed by atoms with Crippen molar-refractivity contribution >= 4 is 17.4 Å². The van der Waals surface area contributed by atoms with Crippen LogP contribution in [-0.4, -0.2) is 69.7 Å². The zero-order chi connectivity index (χ0) is 22.3. The second kappa shape index (κ2) is 10.5. The summed E-state index contributed by atoms with van der Waals surface area (Å²) in [5.74, 6) is 1.74. The Kier molecular flexibility index (Phi) is 7.26. The van der Waals surface area contributed by atoms with E-state index in [9.17, 15) is 4.79 Å². The maximum Gasteiger partial charge on any atom is 0.225 e. The minimum atomic E-state index is 0.106. The van der Waals surface area contributed by atoms with Crippen LogP contribution in [0.5, 0.6) is 0 Å². The molecule has 0 spiro atoms. The number of hydrogen-bond donors (Lipinski definition) is 1. The summed E-state index contributed by atoms with van der Waals surface area (Å²) in [6.45, 7) is 4.16. The molecule has 0 saturated carbocycles. The van der Waals surface area contributed by atoms with Crippen LogP contribution in [0.15, 0.2) is 41.9 Å². The lowest BCUT2D eigenvalue weighted by Gasteiger charge is -2.37. The highest BCUT2D eigenvalue weighted by molar-refractivity contribution is 5.98. The van der Waals surface area contributed by atoms with E-state index >= 15 is 0 Å². The Balaban J connectivity index is 1.27. The van der Waals surface area contributed by atoms with E-state index in [1.807, 2.05) is 17.0 Å². The molecule has 0 aliphatic carbocycles. The smallest absolute Gasteiger partial charge is 0.225 e. The summed E-state index contributed by atoms with van der Waals surface area (Å²) in [7, 11) is 1.54. The van der Waals surface area contributed by atoms with Crippen molar-refractivity contribution in [3.05, 3.63) is 48.2 Å².